The first-order valence-electron chi connectivity index (χ1n) is 10.3. The topological polar surface area (TPSA) is 98.6 Å². The molecule has 3 aromatic rings. The van der Waals surface area contributed by atoms with Crippen LogP contribution in [0.25, 0.3) is 22.3 Å². The van der Waals surface area contributed by atoms with Crippen molar-refractivity contribution in [2.45, 2.75) is 58.9 Å². The maximum atomic E-state index is 12.3. The van der Waals surface area contributed by atoms with E-state index in [-0.39, 0.29) is 12.0 Å². The van der Waals surface area contributed by atoms with Crippen molar-refractivity contribution in [3.05, 3.63) is 31.0 Å². The number of hydrogen-bond donors (Lipinski definition) is 0. The maximum Gasteiger partial charge on any atom is 0.338 e. The van der Waals surface area contributed by atoms with E-state index in [1.807, 2.05) is 16.9 Å². The second kappa shape index (κ2) is 7.90. The molecule has 4 rings (SSSR count). The molecule has 1 unspecified atom stereocenters. The highest BCUT2D eigenvalue weighted by atomic mass is 16.7. The van der Waals surface area contributed by atoms with Crippen molar-refractivity contribution in [1.82, 2.24) is 24.5 Å². The SMILES string of the molecule is CC(C)(C)C(=O)On1ccc2c(-c3cnn(C(CC#N)C4CCCC4)c3)ncnc21. The first kappa shape index (κ1) is 20.1. The molecule has 0 saturated heterocycles. The number of rotatable bonds is 5. The first-order chi connectivity index (χ1) is 14.4. The molecular weight excluding hydrogens is 380 g/mol. The number of hydrogen-bond acceptors (Lipinski definition) is 6. The number of carbonyl (C=O) groups is 1. The minimum Gasteiger partial charge on any atom is -0.334 e. The van der Waals surface area contributed by atoms with Gasteiger partial charge in [0.1, 0.15) is 6.33 Å². The third-order valence-electron chi connectivity index (χ3n) is 5.70. The van der Waals surface area contributed by atoms with Gasteiger partial charge in [-0.1, -0.05) is 12.8 Å². The van der Waals surface area contributed by atoms with Crippen LogP contribution >= 0.6 is 0 Å². The van der Waals surface area contributed by atoms with Crippen molar-refractivity contribution in [3.63, 3.8) is 0 Å². The second-order valence-electron chi connectivity index (χ2n) is 8.91. The molecule has 3 aromatic heterocycles. The van der Waals surface area contributed by atoms with Gasteiger partial charge in [-0.3, -0.25) is 4.68 Å². The Morgan fingerprint density at radius 2 is 2.10 bits per heavy atom. The third kappa shape index (κ3) is 3.80. The van der Waals surface area contributed by atoms with E-state index in [1.54, 1.807) is 33.2 Å². The molecule has 8 heteroatoms. The Balaban J connectivity index is 1.66. The van der Waals surface area contributed by atoms with Gasteiger partial charge >= 0.3 is 5.97 Å². The number of nitrogens with zero attached hydrogens (tertiary/aromatic N) is 6. The largest absolute Gasteiger partial charge is 0.338 e. The van der Waals surface area contributed by atoms with Gasteiger partial charge < -0.3 is 4.84 Å². The van der Waals surface area contributed by atoms with Crippen molar-refractivity contribution in [3.8, 4) is 17.3 Å². The quantitative estimate of drug-likeness (QED) is 0.636. The lowest BCUT2D eigenvalue weighted by Gasteiger charge is -2.21. The number of fused-ring (bicyclic) bond motifs is 1. The highest BCUT2D eigenvalue weighted by molar-refractivity contribution is 5.90. The molecule has 1 aliphatic carbocycles. The monoisotopic (exact) mass is 406 g/mol. The Hall–Kier alpha value is -3.21. The Morgan fingerprint density at radius 1 is 1.33 bits per heavy atom. The molecular formula is C22H26N6O2. The molecule has 3 heterocycles. The van der Waals surface area contributed by atoms with E-state index in [0.717, 1.165) is 29.5 Å². The van der Waals surface area contributed by atoms with E-state index >= 15 is 0 Å². The summed E-state index contributed by atoms with van der Waals surface area (Å²) in [4.78, 5) is 26.5. The van der Waals surface area contributed by atoms with Gasteiger partial charge in [0.15, 0.2) is 5.65 Å². The van der Waals surface area contributed by atoms with E-state index in [1.165, 1.54) is 23.9 Å². The molecule has 1 saturated carbocycles. The molecule has 0 aliphatic heterocycles. The number of nitriles is 1. The molecule has 1 fully saturated rings. The fourth-order valence-electron chi connectivity index (χ4n) is 4.01. The Labute approximate surface area is 175 Å². The second-order valence-corrected chi connectivity index (χ2v) is 8.91. The van der Waals surface area contributed by atoms with Crippen molar-refractivity contribution in [2.24, 2.45) is 11.3 Å². The van der Waals surface area contributed by atoms with Crippen molar-refractivity contribution >= 4 is 17.0 Å². The summed E-state index contributed by atoms with van der Waals surface area (Å²) in [5.41, 5.74) is 1.47. The average Bonchev–Trinajstić information content (AvgIpc) is 3.46. The van der Waals surface area contributed by atoms with Crippen LogP contribution in [0.5, 0.6) is 0 Å². The first-order valence-corrected chi connectivity index (χ1v) is 10.3. The van der Waals surface area contributed by atoms with Gasteiger partial charge in [-0.15, -0.1) is 0 Å². The summed E-state index contributed by atoms with van der Waals surface area (Å²) < 4.78 is 3.30. The zero-order valence-electron chi connectivity index (χ0n) is 17.6. The van der Waals surface area contributed by atoms with Crippen LogP contribution in [0.3, 0.4) is 0 Å². The molecule has 0 amide bonds. The molecule has 0 radical (unpaired) electrons. The third-order valence-corrected chi connectivity index (χ3v) is 5.70. The van der Waals surface area contributed by atoms with Crippen LogP contribution in [-0.2, 0) is 4.79 Å². The Bertz CT molecular complexity index is 1090. The van der Waals surface area contributed by atoms with Gasteiger partial charge in [0, 0.05) is 23.3 Å². The predicted molar refractivity (Wildman–Crippen MR) is 111 cm³/mol. The van der Waals surface area contributed by atoms with Crippen LogP contribution < -0.4 is 4.84 Å². The van der Waals surface area contributed by atoms with Gasteiger partial charge in [0.25, 0.3) is 0 Å². The van der Waals surface area contributed by atoms with Gasteiger partial charge in [0.05, 0.1) is 35.8 Å². The van der Waals surface area contributed by atoms with E-state index in [4.69, 9.17) is 4.84 Å². The number of carbonyl (C=O) groups excluding carboxylic acids is 1. The molecule has 1 aliphatic rings. The fourth-order valence-corrected chi connectivity index (χ4v) is 4.01. The van der Waals surface area contributed by atoms with Crippen molar-refractivity contribution < 1.29 is 9.63 Å². The van der Waals surface area contributed by atoms with Crippen LogP contribution in [0.4, 0.5) is 0 Å². The molecule has 0 bridgehead atoms. The van der Waals surface area contributed by atoms with Crippen LogP contribution in [-0.4, -0.2) is 30.4 Å². The van der Waals surface area contributed by atoms with Crippen LogP contribution in [0, 0.1) is 22.7 Å². The lowest BCUT2D eigenvalue weighted by molar-refractivity contribution is -0.152. The zero-order chi connectivity index (χ0) is 21.3. The summed E-state index contributed by atoms with van der Waals surface area (Å²) >= 11 is 0. The number of aromatic nitrogens is 5. The van der Waals surface area contributed by atoms with E-state index in [9.17, 15) is 10.1 Å². The molecule has 156 valence electrons. The van der Waals surface area contributed by atoms with E-state index in [2.05, 4.69) is 21.1 Å². The minimum atomic E-state index is -0.621. The summed E-state index contributed by atoms with van der Waals surface area (Å²) in [7, 11) is 0. The highest BCUT2D eigenvalue weighted by Crippen LogP contribution is 2.36. The van der Waals surface area contributed by atoms with Gasteiger partial charge in [-0.05, 0) is 45.6 Å². The standard InChI is InChI=1S/C22H26N6O2/c1-22(2,3)21(29)30-28-11-9-17-19(24-14-25-20(17)28)16-12-26-27(13-16)18(8-10-23)15-6-4-5-7-15/h9,11-15,18H,4-8H2,1-3H3. The van der Waals surface area contributed by atoms with Gasteiger partial charge in [-0.2, -0.15) is 15.1 Å². The van der Waals surface area contributed by atoms with Crippen LogP contribution in [0.15, 0.2) is 31.0 Å². The summed E-state index contributed by atoms with van der Waals surface area (Å²) in [6, 6.07) is 4.24. The van der Waals surface area contributed by atoms with Gasteiger partial charge in [-0.25, -0.2) is 14.8 Å². The predicted octanol–water partition coefficient (Wildman–Crippen LogP) is 3.94. The molecule has 30 heavy (non-hydrogen) atoms. The zero-order valence-corrected chi connectivity index (χ0v) is 17.6. The maximum absolute atomic E-state index is 12.3. The van der Waals surface area contributed by atoms with Gasteiger partial charge in [0.2, 0.25) is 0 Å². The normalized spacial score (nSPS) is 15.9. The summed E-state index contributed by atoms with van der Waals surface area (Å²) in [5, 5.41) is 14.6. The van der Waals surface area contributed by atoms with Crippen molar-refractivity contribution in [2.75, 3.05) is 0 Å². The fraction of sp³-hybridized carbons (Fsp3) is 0.500. The summed E-state index contributed by atoms with van der Waals surface area (Å²) in [6.45, 7) is 5.41. The molecule has 8 nitrogen and oxygen atoms in total. The van der Waals surface area contributed by atoms with Crippen LogP contribution in [0.2, 0.25) is 0 Å². The highest BCUT2D eigenvalue weighted by Gasteiger charge is 2.28. The Kier molecular flexibility index (Phi) is 5.29. The van der Waals surface area contributed by atoms with E-state index in [0.29, 0.717) is 18.0 Å². The molecule has 0 N–H and O–H groups in total. The smallest absolute Gasteiger partial charge is 0.334 e. The lowest BCUT2D eigenvalue weighted by atomic mass is 9.96. The summed E-state index contributed by atoms with van der Waals surface area (Å²) in [6.07, 6.45) is 12.0. The Morgan fingerprint density at radius 3 is 2.80 bits per heavy atom. The van der Waals surface area contributed by atoms with Crippen LogP contribution in [0.1, 0.15) is 58.9 Å². The molecule has 1 atom stereocenters. The summed E-state index contributed by atoms with van der Waals surface area (Å²) in [5.74, 6) is 0.143. The van der Waals surface area contributed by atoms with Crippen molar-refractivity contribution in [1.29, 1.82) is 5.26 Å². The average molecular weight is 406 g/mol. The minimum absolute atomic E-state index is 0.0842. The van der Waals surface area contributed by atoms with E-state index < -0.39 is 5.41 Å². The lowest BCUT2D eigenvalue weighted by Crippen LogP contribution is -2.31. The molecule has 0 spiro atoms. The molecule has 0 aromatic carbocycles.